The number of amides is 1. The van der Waals surface area contributed by atoms with E-state index >= 15 is 0 Å². The Kier molecular flexibility index (Phi) is 4.52. The van der Waals surface area contributed by atoms with Crippen LogP contribution in [-0.2, 0) is 16.1 Å². The van der Waals surface area contributed by atoms with Gasteiger partial charge in [-0.1, -0.05) is 25.1 Å². The van der Waals surface area contributed by atoms with E-state index in [0.29, 0.717) is 18.5 Å². The monoisotopic (exact) mass is 341 g/mol. The Bertz CT molecular complexity index is 763. The van der Waals surface area contributed by atoms with E-state index in [2.05, 4.69) is 52.6 Å². The second-order valence-electron chi connectivity index (χ2n) is 7.45. The molecule has 2 aliphatic heterocycles. The number of nitrogens with zero attached hydrogens (tertiary/aromatic N) is 3. The van der Waals surface area contributed by atoms with E-state index in [9.17, 15) is 4.79 Å². The molecule has 2 aromatic rings. The van der Waals surface area contributed by atoms with Gasteiger partial charge < -0.3 is 14.2 Å². The summed E-state index contributed by atoms with van der Waals surface area (Å²) < 4.78 is 7.56. The van der Waals surface area contributed by atoms with Crippen LogP contribution in [0.3, 0.4) is 0 Å². The molecule has 1 aromatic heterocycles. The zero-order chi connectivity index (χ0) is 17.4. The molecular formula is C20H27N3O2. The number of fused-ring (bicyclic) bond motifs is 1. The molecule has 134 valence electrons. The summed E-state index contributed by atoms with van der Waals surface area (Å²) in [4.78, 5) is 17.5. The SMILES string of the molecule is Cc1cn(CC(=O)N2CC(C)C(N3CCOCC3)C2)c2ccccc12. The quantitative estimate of drug-likeness (QED) is 0.858. The highest BCUT2D eigenvalue weighted by Gasteiger charge is 2.36. The average molecular weight is 341 g/mol. The third-order valence-corrected chi connectivity index (χ3v) is 5.73. The van der Waals surface area contributed by atoms with Crippen LogP contribution in [0.1, 0.15) is 12.5 Å². The third kappa shape index (κ3) is 3.18. The number of carbonyl (C=O) groups excluding carboxylic acids is 1. The number of hydrogen-bond donors (Lipinski definition) is 0. The first kappa shape index (κ1) is 16.6. The molecule has 0 saturated carbocycles. The van der Waals surface area contributed by atoms with Crippen LogP contribution in [0, 0.1) is 12.8 Å². The smallest absolute Gasteiger partial charge is 0.242 e. The van der Waals surface area contributed by atoms with Gasteiger partial charge in [0.25, 0.3) is 0 Å². The summed E-state index contributed by atoms with van der Waals surface area (Å²) >= 11 is 0. The second-order valence-corrected chi connectivity index (χ2v) is 7.45. The molecule has 5 nitrogen and oxygen atoms in total. The van der Waals surface area contributed by atoms with Gasteiger partial charge in [-0.3, -0.25) is 9.69 Å². The van der Waals surface area contributed by atoms with Crippen molar-refractivity contribution in [3.05, 3.63) is 36.0 Å². The van der Waals surface area contributed by atoms with Crippen LogP contribution in [0.2, 0.25) is 0 Å². The number of ether oxygens (including phenoxy) is 1. The highest BCUT2D eigenvalue weighted by atomic mass is 16.5. The summed E-state index contributed by atoms with van der Waals surface area (Å²) in [5, 5.41) is 1.23. The Morgan fingerprint density at radius 2 is 1.96 bits per heavy atom. The lowest BCUT2D eigenvalue weighted by Crippen LogP contribution is -2.47. The third-order valence-electron chi connectivity index (χ3n) is 5.73. The zero-order valence-corrected chi connectivity index (χ0v) is 15.1. The Balaban J connectivity index is 1.46. The van der Waals surface area contributed by atoms with E-state index in [4.69, 9.17) is 4.74 Å². The molecule has 1 amide bonds. The van der Waals surface area contributed by atoms with Crippen molar-refractivity contribution < 1.29 is 9.53 Å². The number of morpholine rings is 1. The minimum absolute atomic E-state index is 0.225. The molecule has 2 unspecified atom stereocenters. The fourth-order valence-electron chi connectivity index (χ4n) is 4.34. The number of aromatic nitrogens is 1. The van der Waals surface area contributed by atoms with Crippen LogP contribution in [0.15, 0.2) is 30.5 Å². The van der Waals surface area contributed by atoms with E-state index in [-0.39, 0.29) is 5.91 Å². The van der Waals surface area contributed by atoms with Gasteiger partial charge in [-0.05, 0) is 24.5 Å². The predicted molar refractivity (Wildman–Crippen MR) is 98.6 cm³/mol. The topological polar surface area (TPSA) is 37.7 Å². The molecule has 0 aliphatic carbocycles. The Morgan fingerprint density at radius 1 is 1.20 bits per heavy atom. The molecule has 2 aliphatic rings. The van der Waals surface area contributed by atoms with Gasteiger partial charge in [-0.25, -0.2) is 0 Å². The molecule has 2 saturated heterocycles. The second kappa shape index (κ2) is 6.81. The van der Waals surface area contributed by atoms with E-state index in [1.165, 1.54) is 10.9 Å². The maximum Gasteiger partial charge on any atom is 0.242 e. The maximum absolute atomic E-state index is 12.9. The van der Waals surface area contributed by atoms with E-state index in [1.807, 2.05) is 6.07 Å². The Morgan fingerprint density at radius 3 is 2.76 bits per heavy atom. The van der Waals surface area contributed by atoms with Crippen molar-refractivity contribution in [1.29, 1.82) is 0 Å². The number of likely N-dealkylation sites (tertiary alicyclic amines) is 1. The molecule has 5 heteroatoms. The van der Waals surface area contributed by atoms with Crippen LogP contribution in [0.5, 0.6) is 0 Å². The van der Waals surface area contributed by atoms with Gasteiger partial charge in [0.1, 0.15) is 6.54 Å². The van der Waals surface area contributed by atoms with Crippen LogP contribution < -0.4 is 0 Å². The van der Waals surface area contributed by atoms with Gasteiger partial charge in [0.2, 0.25) is 5.91 Å². The van der Waals surface area contributed by atoms with Gasteiger partial charge >= 0.3 is 0 Å². The molecule has 4 rings (SSSR count). The van der Waals surface area contributed by atoms with Gasteiger partial charge in [0.15, 0.2) is 0 Å². The summed E-state index contributed by atoms with van der Waals surface area (Å²) in [6.45, 7) is 10.1. The first-order chi connectivity index (χ1) is 12.1. The number of carbonyl (C=O) groups is 1. The standard InChI is InChI=1S/C20H27N3O2/c1-15-11-22(18-6-4-3-5-17(15)18)14-20(24)23-12-16(2)19(13-23)21-7-9-25-10-8-21/h3-6,11,16,19H,7-10,12-14H2,1-2H3. The van der Waals surface area contributed by atoms with Crippen molar-refractivity contribution in [2.45, 2.75) is 26.4 Å². The van der Waals surface area contributed by atoms with Crippen LogP contribution in [0.4, 0.5) is 0 Å². The molecule has 0 radical (unpaired) electrons. The summed E-state index contributed by atoms with van der Waals surface area (Å²) in [6.07, 6.45) is 2.10. The normalized spacial score (nSPS) is 25.0. The molecule has 3 heterocycles. The van der Waals surface area contributed by atoms with Gasteiger partial charge in [-0.2, -0.15) is 0 Å². The predicted octanol–water partition coefficient (Wildman–Crippen LogP) is 2.13. The van der Waals surface area contributed by atoms with Crippen molar-refractivity contribution in [3.63, 3.8) is 0 Å². The molecule has 0 spiro atoms. The minimum atomic E-state index is 0.225. The fraction of sp³-hybridized carbons (Fsp3) is 0.550. The fourth-order valence-corrected chi connectivity index (χ4v) is 4.34. The van der Waals surface area contributed by atoms with E-state index < -0.39 is 0 Å². The van der Waals surface area contributed by atoms with E-state index in [0.717, 1.165) is 44.9 Å². The number of para-hydroxylation sites is 1. The molecule has 25 heavy (non-hydrogen) atoms. The highest BCUT2D eigenvalue weighted by molar-refractivity contribution is 5.86. The largest absolute Gasteiger partial charge is 0.379 e. The van der Waals surface area contributed by atoms with Gasteiger partial charge in [-0.15, -0.1) is 0 Å². The summed E-state index contributed by atoms with van der Waals surface area (Å²) in [5.74, 6) is 0.744. The van der Waals surface area contributed by atoms with Gasteiger partial charge in [0.05, 0.1) is 13.2 Å². The first-order valence-corrected chi connectivity index (χ1v) is 9.27. The highest BCUT2D eigenvalue weighted by Crippen LogP contribution is 2.24. The Hall–Kier alpha value is -1.85. The lowest BCUT2D eigenvalue weighted by molar-refractivity contribution is -0.131. The van der Waals surface area contributed by atoms with Crippen LogP contribution in [0.25, 0.3) is 10.9 Å². The molecule has 1 aromatic carbocycles. The van der Waals surface area contributed by atoms with Crippen LogP contribution >= 0.6 is 0 Å². The molecular weight excluding hydrogens is 314 g/mol. The maximum atomic E-state index is 12.9. The summed E-state index contributed by atoms with van der Waals surface area (Å²) in [7, 11) is 0. The minimum Gasteiger partial charge on any atom is -0.379 e. The zero-order valence-electron chi connectivity index (χ0n) is 15.1. The lowest BCUT2D eigenvalue weighted by Gasteiger charge is -2.34. The first-order valence-electron chi connectivity index (χ1n) is 9.27. The van der Waals surface area contributed by atoms with Crippen molar-refractivity contribution in [2.75, 3.05) is 39.4 Å². The number of hydrogen-bond acceptors (Lipinski definition) is 3. The number of benzene rings is 1. The van der Waals surface area contributed by atoms with Crippen molar-refractivity contribution in [2.24, 2.45) is 5.92 Å². The Labute approximate surface area is 149 Å². The van der Waals surface area contributed by atoms with Crippen molar-refractivity contribution >= 4 is 16.8 Å². The van der Waals surface area contributed by atoms with Crippen molar-refractivity contribution in [1.82, 2.24) is 14.4 Å². The average Bonchev–Trinajstić information content (AvgIpc) is 3.17. The summed E-state index contributed by atoms with van der Waals surface area (Å²) in [6, 6.07) is 8.78. The van der Waals surface area contributed by atoms with Gasteiger partial charge in [0, 0.05) is 49.3 Å². The molecule has 0 N–H and O–H groups in total. The molecule has 2 fully saturated rings. The summed E-state index contributed by atoms with van der Waals surface area (Å²) in [5.41, 5.74) is 2.37. The molecule has 2 atom stereocenters. The lowest BCUT2D eigenvalue weighted by atomic mass is 10.0. The number of aryl methyl sites for hydroxylation is 1. The van der Waals surface area contributed by atoms with Crippen LogP contribution in [-0.4, -0.2) is 65.7 Å². The molecule has 0 bridgehead atoms. The number of rotatable bonds is 3. The van der Waals surface area contributed by atoms with E-state index in [1.54, 1.807) is 0 Å². The van der Waals surface area contributed by atoms with Crippen molar-refractivity contribution in [3.8, 4) is 0 Å².